The van der Waals surface area contributed by atoms with Crippen LogP contribution < -0.4 is 5.32 Å². The third kappa shape index (κ3) is 3.94. The minimum absolute atomic E-state index is 0.747. The van der Waals surface area contributed by atoms with Gasteiger partial charge >= 0.3 is 0 Å². The summed E-state index contributed by atoms with van der Waals surface area (Å²) in [6.07, 6.45) is 2.61. The highest BCUT2D eigenvalue weighted by atomic mass is 35.5. The molecular formula is C16H15ClN2OS. The predicted molar refractivity (Wildman–Crippen MR) is 86.7 cm³/mol. The summed E-state index contributed by atoms with van der Waals surface area (Å²) in [5.41, 5.74) is 2.11. The van der Waals surface area contributed by atoms with Crippen molar-refractivity contribution < 1.29 is 4.42 Å². The molecule has 0 spiro atoms. The van der Waals surface area contributed by atoms with E-state index in [1.54, 1.807) is 17.6 Å². The lowest BCUT2D eigenvalue weighted by Crippen LogP contribution is -2.16. The van der Waals surface area contributed by atoms with Crippen molar-refractivity contribution in [3.63, 3.8) is 0 Å². The summed E-state index contributed by atoms with van der Waals surface area (Å²) in [4.78, 5) is 4.66. The van der Waals surface area contributed by atoms with Gasteiger partial charge in [0.05, 0.1) is 23.5 Å². The van der Waals surface area contributed by atoms with Crippen LogP contribution in [0.4, 0.5) is 0 Å². The number of nitrogens with zero attached hydrogens (tertiary/aromatic N) is 1. The number of hydrogen-bond donors (Lipinski definition) is 1. The minimum atomic E-state index is 0.747. The molecule has 0 aliphatic heterocycles. The van der Waals surface area contributed by atoms with Crippen molar-refractivity contribution in [2.24, 2.45) is 0 Å². The minimum Gasteiger partial charge on any atom is -0.468 e. The third-order valence-corrected chi connectivity index (χ3v) is 4.25. The zero-order valence-corrected chi connectivity index (χ0v) is 13.0. The van der Waals surface area contributed by atoms with E-state index in [1.165, 1.54) is 0 Å². The highest BCUT2D eigenvalue weighted by molar-refractivity contribution is 7.09. The van der Waals surface area contributed by atoms with Crippen LogP contribution in [0.15, 0.2) is 52.5 Å². The summed E-state index contributed by atoms with van der Waals surface area (Å²) >= 11 is 7.59. The van der Waals surface area contributed by atoms with Crippen molar-refractivity contribution in [3.8, 4) is 11.3 Å². The number of thiazole rings is 1. The molecule has 0 bridgehead atoms. The van der Waals surface area contributed by atoms with Crippen LogP contribution in [0.2, 0.25) is 5.02 Å². The molecule has 1 N–H and O–H groups in total. The molecule has 108 valence electrons. The average Bonchev–Trinajstić information content (AvgIpc) is 3.16. The predicted octanol–water partition coefficient (Wildman–Crippen LogP) is 4.39. The van der Waals surface area contributed by atoms with Crippen molar-refractivity contribution in [1.29, 1.82) is 0 Å². The Balaban J connectivity index is 1.52. The van der Waals surface area contributed by atoms with Crippen LogP contribution in [0.3, 0.4) is 0 Å². The fourth-order valence-corrected chi connectivity index (χ4v) is 2.93. The van der Waals surface area contributed by atoms with Crippen molar-refractivity contribution in [2.75, 3.05) is 6.54 Å². The summed E-state index contributed by atoms with van der Waals surface area (Å²) in [6, 6.07) is 11.6. The second kappa shape index (κ2) is 6.89. The number of aromatic nitrogens is 1. The maximum atomic E-state index is 5.90. The van der Waals surface area contributed by atoms with Gasteiger partial charge in [-0.05, 0) is 24.3 Å². The Morgan fingerprint density at radius 2 is 2.05 bits per heavy atom. The molecule has 0 saturated heterocycles. The standard InChI is InChI=1S/C16H15ClN2OS/c17-13-5-3-12(4-6-13)15-11-21-16(19-15)7-8-18-10-14-2-1-9-20-14/h1-6,9,11,18H,7-8,10H2. The zero-order valence-electron chi connectivity index (χ0n) is 11.4. The Bertz CT molecular complexity index is 677. The quantitative estimate of drug-likeness (QED) is 0.685. The average molecular weight is 319 g/mol. The zero-order chi connectivity index (χ0) is 14.5. The molecule has 21 heavy (non-hydrogen) atoms. The molecule has 0 saturated carbocycles. The fourth-order valence-electron chi connectivity index (χ4n) is 2.00. The van der Waals surface area contributed by atoms with Gasteiger partial charge in [-0.15, -0.1) is 11.3 Å². The van der Waals surface area contributed by atoms with E-state index in [-0.39, 0.29) is 0 Å². The molecular weight excluding hydrogens is 304 g/mol. The molecule has 3 aromatic rings. The lowest BCUT2D eigenvalue weighted by Gasteiger charge is -2.00. The summed E-state index contributed by atoms with van der Waals surface area (Å²) in [5.74, 6) is 0.955. The molecule has 0 unspecified atom stereocenters. The Hall–Kier alpha value is -1.62. The molecule has 1 aromatic carbocycles. The van der Waals surface area contributed by atoms with Crippen LogP contribution in [0.1, 0.15) is 10.8 Å². The van der Waals surface area contributed by atoms with E-state index in [2.05, 4.69) is 15.7 Å². The van der Waals surface area contributed by atoms with Crippen molar-refractivity contribution >= 4 is 22.9 Å². The molecule has 0 radical (unpaired) electrons. The SMILES string of the molecule is Clc1ccc(-c2csc(CCNCc3ccco3)n2)cc1. The monoisotopic (exact) mass is 318 g/mol. The number of nitrogens with one attached hydrogen (secondary N) is 1. The lowest BCUT2D eigenvalue weighted by atomic mass is 10.2. The number of benzene rings is 1. The summed E-state index contributed by atoms with van der Waals surface area (Å²) in [6.45, 7) is 1.64. The molecule has 0 aliphatic rings. The topological polar surface area (TPSA) is 38.1 Å². The van der Waals surface area contributed by atoms with Gasteiger partial charge in [-0.2, -0.15) is 0 Å². The number of halogens is 1. The van der Waals surface area contributed by atoms with Crippen molar-refractivity contribution in [2.45, 2.75) is 13.0 Å². The van der Waals surface area contributed by atoms with E-state index < -0.39 is 0 Å². The Morgan fingerprint density at radius 1 is 1.19 bits per heavy atom. The Labute approximate surface area is 132 Å². The van der Waals surface area contributed by atoms with Crippen LogP contribution in [-0.2, 0) is 13.0 Å². The molecule has 0 fully saturated rings. The molecule has 5 heteroatoms. The van der Waals surface area contributed by atoms with Gasteiger partial charge in [-0.3, -0.25) is 0 Å². The van der Waals surface area contributed by atoms with E-state index in [1.807, 2.05) is 36.4 Å². The number of hydrogen-bond acceptors (Lipinski definition) is 4. The fraction of sp³-hybridized carbons (Fsp3) is 0.188. The Morgan fingerprint density at radius 3 is 2.81 bits per heavy atom. The third-order valence-electron chi connectivity index (χ3n) is 3.09. The van der Waals surface area contributed by atoms with Gasteiger partial charge in [0, 0.05) is 28.9 Å². The number of rotatable bonds is 6. The molecule has 2 aromatic heterocycles. The molecule has 0 atom stereocenters. The first-order valence-electron chi connectivity index (χ1n) is 6.75. The Kier molecular flexibility index (Phi) is 4.70. The second-order valence-electron chi connectivity index (χ2n) is 4.64. The summed E-state index contributed by atoms with van der Waals surface area (Å²) in [7, 11) is 0. The number of furan rings is 1. The summed E-state index contributed by atoms with van der Waals surface area (Å²) in [5, 5.41) is 7.31. The maximum Gasteiger partial charge on any atom is 0.117 e. The first kappa shape index (κ1) is 14.3. The largest absolute Gasteiger partial charge is 0.468 e. The highest BCUT2D eigenvalue weighted by Gasteiger charge is 2.04. The second-order valence-corrected chi connectivity index (χ2v) is 6.02. The van der Waals surface area contributed by atoms with Crippen LogP contribution in [0, 0.1) is 0 Å². The maximum absolute atomic E-state index is 5.90. The highest BCUT2D eigenvalue weighted by Crippen LogP contribution is 2.23. The first-order valence-corrected chi connectivity index (χ1v) is 8.00. The van der Waals surface area contributed by atoms with Crippen molar-refractivity contribution in [3.05, 3.63) is 63.8 Å². The molecule has 3 rings (SSSR count). The van der Waals surface area contributed by atoms with Gasteiger partial charge in [0.1, 0.15) is 5.76 Å². The van der Waals surface area contributed by atoms with Gasteiger partial charge in [-0.1, -0.05) is 23.7 Å². The van der Waals surface area contributed by atoms with E-state index in [0.717, 1.165) is 46.6 Å². The molecule has 2 heterocycles. The van der Waals surface area contributed by atoms with Gasteiger partial charge in [0.25, 0.3) is 0 Å². The lowest BCUT2D eigenvalue weighted by molar-refractivity contribution is 0.484. The van der Waals surface area contributed by atoms with Gasteiger partial charge in [-0.25, -0.2) is 4.98 Å². The van der Waals surface area contributed by atoms with E-state index in [9.17, 15) is 0 Å². The first-order chi connectivity index (χ1) is 10.3. The normalized spacial score (nSPS) is 10.9. The van der Waals surface area contributed by atoms with E-state index in [4.69, 9.17) is 16.0 Å². The summed E-state index contributed by atoms with van der Waals surface area (Å²) < 4.78 is 5.27. The molecule has 0 amide bonds. The van der Waals surface area contributed by atoms with Crippen molar-refractivity contribution in [1.82, 2.24) is 10.3 Å². The van der Waals surface area contributed by atoms with E-state index in [0.29, 0.717) is 0 Å². The van der Waals surface area contributed by atoms with Gasteiger partial charge in [0.15, 0.2) is 0 Å². The molecule has 3 nitrogen and oxygen atoms in total. The van der Waals surface area contributed by atoms with Crippen LogP contribution in [-0.4, -0.2) is 11.5 Å². The van der Waals surface area contributed by atoms with Gasteiger partial charge in [0.2, 0.25) is 0 Å². The van der Waals surface area contributed by atoms with Gasteiger partial charge < -0.3 is 9.73 Å². The molecule has 0 aliphatic carbocycles. The van der Waals surface area contributed by atoms with E-state index >= 15 is 0 Å². The van der Waals surface area contributed by atoms with Crippen LogP contribution in [0.5, 0.6) is 0 Å². The van der Waals surface area contributed by atoms with Crippen LogP contribution >= 0.6 is 22.9 Å². The smallest absolute Gasteiger partial charge is 0.117 e. The van der Waals surface area contributed by atoms with Crippen LogP contribution in [0.25, 0.3) is 11.3 Å².